The van der Waals surface area contributed by atoms with Crippen LogP contribution in [-0.2, 0) is 17.7 Å². The summed E-state index contributed by atoms with van der Waals surface area (Å²) in [6.07, 6.45) is 1.64. The molecule has 0 aliphatic carbocycles. The highest BCUT2D eigenvalue weighted by Crippen LogP contribution is 2.30. The van der Waals surface area contributed by atoms with Gasteiger partial charge in [-0.15, -0.1) is 0 Å². The average molecular weight is 478 g/mol. The Kier molecular flexibility index (Phi) is 7.83. The lowest BCUT2D eigenvalue weighted by Gasteiger charge is -2.32. The molecule has 3 aromatic rings. The van der Waals surface area contributed by atoms with E-state index in [0.29, 0.717) is 35.0 Å². The van der Waals surface area contributed by atoms with Gasteiger partial charge in [0.1, 0.15) is 0 Å². The van der Waals surface area contributed by atoms with Crippen LogP contribution >= 0.6 is 11.6 Å². The number of benzene rings is 3. The fraction of sp³-hybridized carbons (Fsp3) is 0.259. The molecular formula is C27H28ClN3O3. The number of nitrogens with one attached hydrogen (secondary N) is 2. The summed E-state index contributed by atoms with van der Waals surface area (Å²) >= 11 is 5.93. The summed E-state index contributed by atoms with van der Waals surface area (Å²) in [5.74, 6) is -0.435. The van der Waals surface area contributed by atoms with Crippen LogP contribution in [0.15, 0.2) is 66.7 Å². The van der Waals surface area contributed by atoms with Gasteiger partial charge in [-0.3, -0.25) is 9.59 Å². The minimum absolute atomic E-state index is 0.174. The van der Waals surface area contributed by atoms with Crippen molar-refractivity contribution >= 4 is 34.8 Å². The first-order valence-electron chi connectivity index (χ1n) is 11.3. The second-order valence-corrected chi connectivity index (χ2v) is 8.67. The summed E-state index contributed by atoms with van der Waals surface area (Å²) in [5, 5.41) is 6.44. The van der Waals surface area contributed by atoms with E-state index in [4.69, 9.17) is 16.3 Å². The molecule has 1 aliphatic heterocycles. The number of rotatable bonds is 8. The van der Waals surface area contributed by atoms with Crippen molar-refractivity contribution in [1.29, 1.82) is 0 Å². The number of hydrogen-bond acceptors (Lipinski definition) is 4. The Morgan fingerprint density at radius 1 is 1.00 bits per heavy atom. The summed E-state index contributed by atoms with van der Waals surface area (Å²) in [6, 6.07) is 20.6. The van der Waals surface area contributed by atoms with Crippen molar-refractivity contribution in [1.82, 2.24) is 5.32 Å². The number of halogens is 1. The molecule has 176 valence electrons. The van der Waals surface area contributed by atoms with Gasteiger partial charge in [0.05, 0.1) is 5.56 Å². The molecule has 3 aromatic carbocycles. The second kappa shape index (κ2) is 11.2. The van der Waals surface area contributed by atoms with Crippen LogP contribution in [0, 0.1) is 0 Å². The number of fused-ring (bicyclic) bond motifs is 1. The summed E-state index contributed by atoms with van der Waals surface area (Å²) < 4.78 is 5.08. The first kappa shape index (κ1) is 23.8. The van der Waals surface area contributed by atoms with Crippen LogP contribution in [0.4, 0.5) is 11.4 Å². The summed E-state index contributed by atoms with van der Waals surface area (Å²) in [5.41, 5.74) is 5.04. The second-order valence-electron chi connectivity index (χ2n) is 8.24. The van der Waals surface area contributed by atoms with E-state index in [1.807, 2.05) is 18.2 Å². The molecule has 0 aromatic heterocycles. The predicted octanol–water partition coefficient (Wildman–Crippen LogP) is 4.92. The van der Waals surface area contributed by atoms with E-state index in [0.717, 1.165) is 31.6 Å². The van der Waals surface area contributed by atoms with Gasteiger partial charge in [0.2, 0.25) is 0 Å². The van der Waals surface area contributed by atoms with Gasteiger partial charge in [0, 0.05) is 55.3 Å². The van der Waals surface area contributed by atoms with Crippen LogP contribution in [0.5, 0.6) is 0 Å². The van der Waals surface area contributed by atoms with Crippen LogP contribution in [0.25, 0.3) is 0 Å². The standard InChI is InChI=1S/C27H28ClN3O3/c1-34-16-4-14-29-27(33)24-17-23(30-26(32)20-7-9-22(28)10-8-20)11-12-25(24)31-15-13-19-5-2-3-6-21(19)18-31/h2-3,5-12,17H,4,13-16,18H2,1H3,(H,29,33)(H,30,32). The van der Waals surface area contributed by atoms with Gasteiger partial charge in [-0.05, 0) is 66.4 Å². The zero-order valence-electron chi connectivity index (χ0n) is 19.1. The van der Waals surface area contributed by atoms with Gasteiger partial charge in [-0.25, -0.2) is 0 Å². The molecular weight excluding hydrogens is 450 g/mol. The van der Waals surface area contributed by atoms with Crippen LogP contribution in [0.1, 0.15) is 38.3 Å². The smallest absolute Gasteiger partial charge is 0.255 e. The van der Waals surface area contributed by atoms with Gasteiger partial charge in [0.25, 0.3) is 11.8 Å². The Morgan fingerprint density at radius 2 is 1.76 bits per heavy atom. The highest BCUT2D eigenvalue weighted by atomic mass is 35.5. The van der Waals surface area contributed by atoms with Crippen molar-refractivity contribution in [2.45, 2.75) is 19.4 Å². The number of ether oxygens (including phenoxy) is 1. The van der Waals surface area contributed by atoms with Crippen molar-refractivity contribution < 1.29 is 14.3 Å². The quantitative estimate of drug-likeness (QED) is 0.452. The number of carbonyl (C=O) groups excluding carboxylic acids is 2. The Hall–Kier alpha value is -3.35. The summed E-state index contributed by atoms with van der Waals surface area (Å²) in [4.78, 5) is 28.1. The molecule has 1 heterocycles. The third-order valence-corrected chi connectivity index (χ3v) is 6.14. The molecule has 0 spiro atoms. The molecule has 0 unspecified atom stereocenters. The van der Waals surface area contributed by atoms with E-state index < -0.39 is 0 Å². The predicted molar refractivity (Wildman–Crippen MR) is 136 cm³/mol. The summed E-state index contributed by atoms with van der Waals surface area (Å²) in [7, 11) is 1.64. The van der Waals surface area contributed by atoms with E-state index in [9.17, 15) is 9.59 Å². The van der Waals surface area contributed by atoms with Gasteiger partial charge in [0.15, 0.2) is 0 Å². The minimum Gasteiger partial charge on any atom is -0.385 e. The van der Waals surface area contributed by atoms with Crippen molar-refractivity contribution in [2.75, 3.05) is 37.0 Å². The van der Waals surface area contributed by atoms with E-state index in [-0.39, 0.29) is 11.8 Å². The van der Waals surface area contributed by atoms with Crippen molar-refractivity contribution in [2.24, 2.45) is 0 Å². The zero-order valence-corrected chi connectivity index (χ0v) is 19.9. The van der Waals surface area contributed by atoms with Gasteiger partial charge < -0.3 is 20.3 Å². The normalized spacial score (nSPS) is 12.7. The lowest BCUT2D eigenvalue weighted by molar-refractivity contribution is 0.0947. The highest BCUT2D eigenvalue weighted by molar-refractivity contribution is 6.30. The van der Waals surface area contributed by atoms with Gasteiger partial charge >= 0.3 is 0 Å². The maximum Gasteiger partial charge on any atom is 0.255 e. The molecule has 0 radical (unpaired) electrons. The molecule has 1 aliphatic rings. The van der Waals surface area contributed by atoms with Crippen LogP contribution in [0.2, 0.25) is 5.02 Å². The molecule has 2 amide bonds. The third kappa shape index (κ3) is 5.76. The van der Waals surface area contributed by atoms with E-state index in [1.54, 1.807) is 37.4 Å². The lowest BCUT2D eigenvalue weighted by Crippen LogP contribution is -2.33. The number of nitrogens with zero attached hydrogens (tertiary/aromatic N) is 1. The third-order valence-electron chi connectivity index (χ3n) is 5.89. The monoisotopic (exact) mass is 477 g/mol. The van der Waals surface area contributed by atoms with E-state index >= 15 is 0 Å². The molecule has 0 saturated heterocycles. The van der Waals surface area contributed by atoms with Gasteiger partial charge in [-0.1, -0.05) is 35.9 Å². The van der Waals surface area contributed by atoms with E-state index in [1.165, 1.54) is 11.1 Å². The Morgan fingerprint density at radius 3 is 2.53 bits per heavy atom. The molecule has 0 atom stereocenters. The van der Waals surface area contributed by atoms with Crippen molar-refractivity contribution in [3.8, 4) is 0 Å². The van der Waals surface area contributed by atoms with Gasteiger partial charge in [-0.2, -0.15) is 0 Å². The molecule has 7 heteroatoms. The fourth-order valence-electron chi connectivity index (χ4n) is 4.09. The molecule has 0 fully saturated rings. The number of carbonyl (C=O) groups is 2. The largest absolute Gasteiger partial charge is 0.385 e. The number of hydrogen-bond donors (Lipinski definition) is 2. The van der Waals surface area contributed by atoms with E-state index in [2.05, 4.69) is 33.7 Å². The van der Waals surface area contributed by atoms with Crippen LogP contribution in [-0.4, -0.2) is 38.6 Å². The zero-order chi connectivity index (χ0) is 23.9. The highest BCUT2D eigenvalue weighted by Gasteiger charge is 2.22. The topological polar surface area (TPSA) is 70.7 Å². The molecule has 2 N–H and O–H groups in total. The van der Waals surface area contributed by atoms with Crippen molar-refractivity contribution in [3.63, 3.8) is 0 Å². The Labute approximate surface area is 204 Å². The fourth-order valence-corrected chi connectivity index (χ4v) is 4.22. The molecule has 0 bridgehead atoms. The number of methoxy groups -OCH3 is 1. The molecule has 4 rings (SSSR count). The first-order chi connectivity index (χ1) is 16.5. The lowest BCUT2D eigenvalue weighted by atomic mass is 9.98. The maximum atomic E-state index is 13.2. The van der Waals surface area contributed by atoms with Crippen LogP contribution in [0.3, 0.4) is 0 Å². The number of amides is 2. The average Bonchev–Trinajstić information content (AvgIpc) is 2.86. The number of anilines is 2. The van der Waals surface area contributed by atoms with Crippen LogP contribution < -0.4 is 15.5 Å². The molecule has 6 nitrogen and oxygen atoms in total. The minimum atomic E-state index is -0.261. The first-order valence-corrected chi connectivity index (χ1v) is 11.7. The maximum absolute atomic E-state index is 13.2. The molecule has 0 saturated carbocycles. The SMILES string of the molecule is COCCCNC(=O)c1cc(NC(=O)c2ccc(Cl)cc2)ccc1N1CCc2ccccc2C1. The molecule has 34 heavy (non-hydrogen) atoms. The van der Waals surface area contributed by atoms with Crippen molar-refractivity contribution in [3.05, 3.63) is 94.0 Å². The Bertz CT molecular complexity index is 1160. The Balaban J connectivity index is 1.58. The summed E-state index contributed by atoms with van der Waals surface area (Å²) in [6.45, 7) is 2.64.